The molecule has 0 saturated heterocycles. The number of nitrogens with two attached hydrogens (primary N) is 1. The molecule has 1 rings (SSSR count). The highest BCUT2D eigenvalue weighted by Gasteiger charge is 2.21. The van der Waals surface area contributed by atoms with Gasteiger partial charge >= 0.3 is 6.03 Å². The van der Waals surface area contributed by atoms with Crippen molar-refractivity contribution in [1.29, 1.82) is 0 Å². The maximum Gasteiger partial charge on any atom is 0.339 e. The van der Waals surface area contributed by atoms with Crippen molar-refractivity contribution in [2.45, 2.75) is 19.9 Å². The van der Waals surface area contributed by atoms with Crippen LogP contribution in [0, 0.1) is 6.92 Å². The van der Waals surface area contributed by atoms with Crippen LogP contribution in [-0.4, -0.2) is 31.7 Å². The molecule has 1 aromatic heterocycles. The van der Waals surface area contributed by atoms with Crippen molar-refractivity contribution in [2.75, 3.05) is 0 Å². The number of carbonyl (C=O) groups excluding carboxylic acids is 1. The van der Waals surface area contributed by atoms with E-state index in [-0.39, 0.29) is 0 Å². The van der Waals surface area contributed by atoms with Gasteiger partial charge in [0.25, 0.3) is 0 Å². The molecule has 0 spiro atoms. The number of nitrogens with zero attached hydrogens (tertiary/aromatic N) is 3. The van der Waals surface area contributed by atoms with Crippen LogP contribution in [0.5, 0.6) is 0 Å². The molecule has 72 valence electrons. The van der Waals surface area contributed by atoms with E-state index in [9.17, 15) is 4.79 Å². The Morgan fingerprint density at radius 2 is 2.31 bits per heavy atom. The molecule has 0 aliphatic heterocycles. The molecule has 7 heteroatoms. The molecule has 13 heavy (non-hydrogen) atoms. The fourth-order valence-electron chi connectivity index (χ4n) is 0.994. The molecule has 1 heterocycles. The molecule has 0 aliphatic rings. The van der Waals surface area contributed by atoms with Crippen LogP contribution in [0.15, 0.2) is 0 Å². The van der Waals surface area contributed by atoms with Crippen LogP contribution in [-0.2, 0) is 0 Å². The maximum absolute atomic E-state index is 10.6. The van der Waals surface area contributed by atoms with E-state index >= 15 is 0 Å². The number of hydrogen-bond donors (Lipinski definition) is 3. The lowest BCUT2D eigenvalue weighted by Gasteiger charge is -2.18. The number of amides is 2. The highest BCUT2D eigenvalue weighted by atomic mass is 16.5. The summed E-state index contributed by atoms with van der Waals surface area (Å²) in [6.45, 7) is 3.31. The first-order valence-electron chi connectivity index (χ1n) is 3.69. The number of hydroxylamine groups is 2. The van der Waals surface area contributed by atoms with E-state index in [1.807, 2.05) is 0 Å². The number of aryl methyl sites for hydroxylation is 1. The summed E-state index contributed by atoms with van der Waals surface area (Å²) in [6.07, 6.45) is 0. The number of rotatable bonds is 2. The van der Waals surface area contributed by atoms with Gasteiger partial charge in [-0.15, -0.1) is 0 Å². The van der Waals surface area contributed by atoms with Crippen LogP contribution in [0.4, 0.5) is 4.79 Å². The third-order valence-corrected chi connectivity index (χ3v) is 1.75. The Bertz CT molecular complexity index is 310. The highest BCUT2D eigenvalue weighted by Crippen LogP contribution is 2.17. The van der Waals surface area contributed by atoms with Gasteiger partial charge in [0.2, 0.25) is 0 Å². The lowest BCUT2D eigenvalue weighted by atomic mass is 10.2. The van der Waals surface area contributed by atoms with Crippen molar-refractivity contribution in [3.63, 3.8) is 0 Å². The minimum Gasteiger partial charge on any atom is -0.350 e. The second-order valence-electron chi connectivity index (χ2n) is 2.65. The fourth-order valence-corrected chi connectivity index (χ4v) is 0.994. The number of nitrogens with one attached hydrogen (secondary N) is 1. The molecule has 0 radical (unpaired) electrons. The average Bonchev–Trinajstić information content (AvgIpc) is 2.48. The monoisotopic (exact) mass is 185 g/mol. The van der Waals surface area contributed by atoms with Gasteiger partial charge in [-0.2, -0.15) is 20.5 Å². The predicted octanol–water partition coefficient (Wildman–Crippen LogP) is -0.0560. The van der Waals surface area contributed by atoms with Gasteiger partial charge in [-0.1, -0.05) is 0 Å². The summed E-state index contributed by atoms with van der Waals surface area (Å²) in [5, 5.41) is 19.5. The summed E-state index contributed by atoms with van der Waals surface area (Å²) in [5.41, 5.74) is 5.98. The van der Waals surface area contributed by atoms with Gasteiger partial charge in [-0.25, -0.2) is 4.79 Å². The van der Waals surface area contributed by atoms with E-state index in [4.69, 9.17) is 10.9 Å². The van der Waals surface area contributed by atoms with Crippen LogP contribution in [0.3, 0.4) is 0 Å². The number of H-pyrrole nitrogens is 1. The summed E-state index contributed by atoms with van der Waals surface area (Å²) in [7, 11) is 0. The molecule has 0 aromatic carbocycles. The molecular formula is C6H11N5O2. The van der Waals surface area contributed by atoms with Crippen molar-refractivity contribution >= 4 is 6.03 Å². The number of hydrogen-bond acceptors (Lipinski definition) is 4. The third-order valence-electron chi connectivity index (χ3n) is 1.75. The van der Waals surface area contributed by atoms with E-state index < -0.39 is 12.1 Å². The van der Waals surface area contributed by atoms with Gasteiger partial charge < -0.3 is 5.73 Å². The predicted molar refractivity (Wildman–Crippen MR) is 42.7 cm³/mol. The summed E-state index contributed by atoms with van der Waals surface area (Å²) in [6, 6.07) is -1.52. The Hall–Kier alpha value is -1.63. The zero-order valence-corrected chi connectivity index (χ0v) is 7.35. The van der Waals surface area contributed by atoms with E-state index in [2.05, 4.69) is 15.4 Å². The largest absolute Gasteiger partial charge is 0.350 e. The molecular weight excluding hydrogens is 174 g/mol. The Morgan fingerprint density at radius 3 is 2.69 bits per heavy atom. The molecule has 1 aromatic rings. The fraction of sp³-hybridized carbons (Fsp3) is 0.500. The lowest BCUT2D eigenvalue weighted by molar-refractivity contribution is -0.0722. The summed E-state index contributed by atoms with van der Waals surface area (Å²) >= 11 is 0. The van der Waals surface area contributed by atoms with Gasteiger partial charge in [0, 0.05) is 0 Å². The number of carbonyl (C=O) groups is 1. The van der Waals surface area contributed by atoms with Crippen molar-refractivity contribution in [1.82, 2.24) is 20.5 Å². The van der Waals surface area contributed by atoms with Gasteiger partial charge in [-0.05, 0) is 13.8 Å². The van der Waals surface area contributed by atoms with E-state index in [0.717, 1.165) is 0 Å². The molecule has 7 nitrogen and oxygen atoms in total. The molecule has 2 amide bonds. The number of aromatic amines is 1. The molecule has 1 unspecified atom stereocenters. The van der Waals surface area contributed by atoms with Crippen LogP contribution in [0.2, 0.25) is 0 Å². The van der Waals surface area contributed by atoms with E-state index in [0.29, 0.717) is 16.5 Å². The van der Waals surface area contributed by atoms with Crippen LogP contribution in [0.25, 0.3) is 0 Å². The Labute approximate surface area is 74.5 Å². The van der Waals surface area contributed by atoms with Crippen LogP contribution in [0.1, 0.15) is 24.4 Å². The van der Waals surface area contributed by atoms with Crippen molar-refractivity contribution in [3.05, 3.63) is 11.4 Å². The Balaban J connectivity index is 2.85. The first-order valence-corrected chi connectivity index (χ1v) is 3.69. The summed E-state index contributed by atoms with van der Waals surface area (Å²) in [4.78, 5) is 10.6. The maximum atomic E-state index is 10.6. The van der Waals surface area contributed by atoms with E-state index in [1.54, 1.807) is 13.8 Å². The molecule has 0 aliphatic carbocycles. The van der Waals surface area contributed by atoms with Crippen molar-refractivity contribution < 1.29 is 10.0 Å². The van der Waals surface area contributed by atoms with Crippen LogP contribution >= 0.6 is 0 Å². The number of primary amides is 1. The Morgan fingerprint density at radius 1 is 1.69 bits per heavy atom. The topological polar surface area (TPSA) is 108 Å². The summed E-state index contributed by atoms with van der Waals surface area (Å²) < 4.78 is 0. The van der Waals surface area contributed by atoms with Gasteiger partial charge in [0.1, 0.15) is 11.7 Å². The Kier molecular flexibility index (Phi) is 2.47. The standard InChI is InChI=1S/C6H11N5O2/c1-3-5(9-10-8-3)4(2)11(13)6(7)12/h4,13H,1-2H3,(H2,7,12)(H,8,9,10). The smallest absolute Gasteiger partial charge is 0.339 e. The molecule has 4 N–H and O–H groups in total. The number of aromatic nitrogens is 3. The zero-order chi connectivity index (χ0) is 10.0. The normalized spacial score (nSPS) is 12.5. The minimum atomic E-state index is -0.921. The second-order valence-corrected chi connectivity index (χ2v) is 2.65. The lowest BCUT2D eigenvalue weighted by Crippen LogP contribution is -2.35. The number of urea groups is 1. The van der Waals surface area contributed by atoms with E-state index in [1.165, 1.54) is 0 Å². The zero-order valence-electron chi connectivity index (χ0n) is 7.35. The quantitative estimate of drug-likeness (QED) is 0.443. The summed E-state index contributed by atoms with van der Waals surface area (Å²) in [5.74, 6) is 0. The first-order chi connectivity index (χ1) is 6.04. The van der Waals surface area contributed by atoms with Crippen molar-refractivity contribution in [2.24, 2.45) is 5.73 Å². The van der Waals surface area contributed by atoms with Crippen LogP contribution < -0.4 is 5.73 Å². The van der Waals surface area contributed by atoms with Gasteiger partial charge in [0.15, 0.2) is 0 Å². The van der Waals surface area contributed by atoms with Gasteiger partial charge in [-0.3, -0.25) is 5.21 Å². The minimum absolute atomic E-state index is 0.408. The molecule has 0 bridgehead atoms. The average molecular weight is 185 g/mol. The van der Waals surface area contributed by atoms with Gasteiger partial charge in [0.05, 0.1) is 5.69 Å². The second kappa shape index (κ2) is 3.40. The SMILES string of the molecule is Cc1n[nH]nc1C(C)N(O)C(N)=O. The molecule has 1 atom stereocenters. The first kappa shape index (κ1) is 9.46. The molecule has 0 fully saturated rings. The molecule has 0 saturated carbocycles. The highest BCUT2D eigenvalue weighted by molar-refractivity contribution is 5.71. The third kappa shape index (κ3) is 1.75. The van der Waals surface area contributed by atoms with Crippen molar-refractivity contribution in [3.8, 4) is 0 Å².